The lowest BCUT2D eigenvalue weighted by Gasteiger charge is -2.08. The van der Waals surface area contributed by atoms with Crippen molar-refractivity contribution in [2.75, 3.05) is 18.7 Å². The summed E-state index contributed by atoms with van der Waals surface area (Å²) < 4.78 is 29.2. The number of sulfone groups is 1. The second kappa shape index (κ2) is 8.83. The van der Waals surface area contributed by atoms with Crippen molar-refractivity contribution in [3.8, 4) is 5.75 Å². The predicted molar refractivity (Wildman–Crippen MR) is 109 cm³/mol. The van der Waals surface area contributed by atoms with E-state index in [2.05, 4.69) is 25.0 Å². The molecule has 3 aromatic rings. The van der Waals surface area contributed by atoms with Gasteiger partial charge in [0.05, 0.1) is 18.9 Å². The number of aromatic nitrogens is 3. The zero-order chi connectivity index (χ0) is 22.6. The zero-order valence-electron chi connectivity index (χ0n) is 16.6. The maximum atomic E-state index is 12.0. The number of hydrogen-bond donors (Lipinski definition) is 3. The first-order valence-electron chi connectivity index (χ1n) is 8.81. The average Bonchev–Trinajstić information content (AvgIpc) is 2.73. The summed E-state index contributed by atoms with van der Waals surface area (Å²) in [6.45, 7) is 0.299. The SMILES string of the molecule is COC(=O)c1ccc(=Nc2cc(NCc3ccc(O)cc3)nc(S(C)(=O)=O)n2)n(O)c1. The summed E-state index contributed by atoms with van der Waals surface area (Å²) in [5.41, 5.74) is 0.914. The summed E-state index contributed by atoms with van der Waals surface area (Å²) in [4.78, 5) is 23.6. The molecule has 162 valence electrons. The number of carbonyl (C=O) groups is 1. The molecule has 12 heteroatoms. The number of ether oxygens (including phenoxy) is 1. The molecule has 11 nitrogen and oxygen atoms in total. The molecule has 0 radical (unpaired) electrons. The maximum absolute atomic E-state index is 12.0. The Labute approximate surface area is 177 Å². The Balaban J connectivity index is 1.98. The molecule has 0 unspecified atom stereocenters. The van der Waals surface area contributed by atoms with Crippen LogP contribution in [0.1, 0.15) is 15.9 Å². The molecular weight excluding hydrogens is 426 g/mol. The first-order chi connectivity index (χ1) is 14.7. The molecule has 0 aliphatic rings. The molecule has 2 aromatic heterocycles. The Morgan fingerprint density at radius 3 is 2.52 bits per heavy atom. The number of phenols is 1. The van der Waals surface area contributed by atoms with Gasteiger partial charge in [0.1, 0.15) is 11.6 Å². The smallest absolute Gasteiger partial charge is 0.339 e. The molecule has 0 fully saturated rings. The van der Waals surface area contributed by atoms with Crippen LogP contribution in [0.25, 0.3) is 0 Å². The van der Waals surface area contributed by atoms with Crippen molar-refractivity contribution >= 4 is 27.4 Å². The maximum Gasteiger partial charge on any atom is 0.339 e. The van der Waals surface area contributed by atoms with Crippen LogP contribution in [0.2, 0.25) is 0 Å². The van der Waals surface area contributed by atoms with Crippen molar-refractivity contribution in [1.82, 2.24) is 14.7 Å². The fourth-order valence-corrected chi connectivity index (χ4v) is 2.98. The highest BCUT2D eigenvalue weighted by Crippen LogP contribution is 2.18. The van der Waals surface area contributed by atoms with Crippen molar-refractivity contribution < 1.29 is 28.3 Å². The van der Waals surface area contributed by atoms with Crippen LogP contribution in [0, 0.1) is 0 Å². The molecular formula is C19H19N5O6S. The number of carbonyl (C=O) groups excluding carboxylic acids is 1. The molecule has 3 rings (SSSR count). The minimum absolute atomic E-state index is 0.00436. The summed E-state index contributed by atoms with van der Waals surface area (Å²) in [6, 6.07) is 10.6. The van der Waals surface area contributed by atoms with Gasteiger partial charge in [-0.15, -0.1) is 0 Å². The van der Waals surface area contributed by atoms with Crippen molar-refractivity contribution in [2.24, 2.45) is 4.99 Å². The van der Waals surface area contributed by atoms with Gasteiger partial charge in [0.25, 0.3) is 5.16 Å². The van der Waals surface area contributed by atoms with Crippen LogP contribution in [0.3, 0.4) is 0 Å². The Morgan fingerprint density at radius 1 is 1.19 bits per heavy atom. The fourth-order valence-electron chi connectivity index (χ4n) is 2.46. The Hall–Kier alpha value is -3.93. The monoisotopic (exact) mass is 445 g/mol. The molecule has 0 aliphatic carbocycles. The van der Waals surface area contributed by atoms with Gasteiger partial charge in [-0.25, -0.2) is 23.2 Å². The van der Waals surface area contributed by atoms with Crippen molar-refractivity contribution in [3.63, 3.8) is 0 Å². The molecule has 0 saturated carbocycles. The number of nitrogens with zero attached hydrogens (tertiary/aromatic N) is 4. The molecule has 0 aliphatic heterocycles. The van der Waals surface area contributed by atoms with Crippen molar-refractivity contribution in [3.05, 3.63) is 65.3 Å². The number of aromatic hydroxyl groups is 1. The number of pyridine rings is 1. The Morgan fingerprint density at radius 2 is 1.90 bits per heavy atom. The number of rotatable bonds is 6. The summed E-state index contributed by atoms with van der Waals surface area (Å²) in [7, 11) is -2.53. The number of methoxy groups -OCH3 is 1. The highest BCUT2D eigenvalue weighted by Gasteiger charge is 2.15. The van der Waals surface area contributed by atoms with Crippen LogP contribution in [0.5, 0.6) is 5.75 Å². The first kappa shape index (κ1) is 21.8. The molecule has 2 heterocycles. The fraction of sp³-hybridized carbons (Fsp3) is 0.158. The van der Waals surface area contributed by atoms with E-state index in [1.807, 2.05) is 0 Å². The first-order valence-corrected chi connectivity index (χ1v) is 10.7. The molecule has 31 heavy (non-hydrogen) atoms. The topological polar surface area (TPSA) is 156 Å². The van der Waals surface area contributed by atoms with E-state index in [4.69, 9.17) is 0 Å². The van der Waals surface area contributed by atoms with Gasteiger partial charge in [0, 0.05) is 18.9 Å². The van der Waals surface area contributed by atoms with Gasteiger partial charge in [-0.1, -0.05) is 12.1 Å². The van der Waals surface area contributed by atoms with Gasteiger partial charge in [0.2, 0.25) is 9.84 Å². The second-order valence-corrected chi connectivity index (χ2v) is 8.32. The lowest BCUT2D eigenvalue weighted by molar-refractivity contribution is 0.0594. The molecule has 0 bridgehead atoms. The number of nitrogens with one attached hydrogen (secondary N) is 1. The molecule has 0 spiro atoms. The summed E-state index contributed by atoms with van der Waals surface area (Å²) >= 11 is 0. The molecule has 0 amide bonds. The normalized spacial score (nSPS) is 11.9. The third-order valence-corrected chi connectivity index (χ3v) is 4.84. The van der Waals surface area contributed by atoms with Crippen LogP contribution in [0.4, 0.5) is 11.6 Å². The highest BCUT2D eigenvalue weighted by molar-refractivity contribution is 7.90. The summed E-state index contributed by atoms with van der Waals surface area (Å²) in [5, 5.41) is 22.0. The number of benzene rings is 1. The van der Waals surface area contributed by atoms with E-state index in [1.54, 1.807) is 12.1 Å². The third kappa shape index (κ3) is 5.57. The van der Waals surface area contributed by atoms with Gasteiger partial charge in [-0.05, 0) is 29.8 Å². The van der Waals surface area contributed by atoms with E-state index in [-0.39, 0.29) is 28.4 Å². The van der Waals surface area contributed by atoms with E-state index in [0.717, 1.165) is 18.0 Å². The minimum atomic E-state index is -3.75. The van der Waals surface area contributed by atoms with Gasteiger partial charge < -0.3 is 20.4 Å². The summed E-state index contributed by atoms with van der Waals surface area (Å²) in [5.74, 6) is -0.353. The van der Waals surface area contributed by atoms with Gasteiger partial charge in [-0.3, -0.25) is 0 Å². The predicted octanol–water partition coefficient (Wildman–Crippen LogP) is 1.26. The number of phenolic OH excluding ortho intramolecular Hbond substituents is 1. The minimum Gasteiger partial charge on any atom is -0.508 e. The largest absolute Gasteiger partial charge is 0.508 e. The molecule has 1 aromatic carbocycles. The standard InChI is InChI=1S/C19H19N5O6S/c1-30-18(26)13-5-8-17(24(27)11-13)21-16-9-15(22-19(23-16)31(2,28)29)20-10-12-3-6-14(25)7-4-12/h3-9,11,25,27H,10H2,1-2H3,(H,20,22,23). The Bertz CT molecular complexity index is 1290. The summed E-state index contributed by atoms with van der Waals surface area (Å²) in [6.07, 6.45) is 2.07. The Kier molecular flexibility index (Phi) is 6.20. The molecule has 0 atom stereocenters. The molecule has 3 N–H and O–H groups in total. The van der Waals surface area contributed by atoms with Crippen LogP contribution in [0.15, 0.2) is 58.8 Å². The lowest BCUT2D eigenvalue weighted by atomic mass is 10.2. The van der Waals surface area contributed by atoms with Crippen LogP contribution >= 0.6 is 0 Å². The van der Waals surface area contributed by atoms with E-state index >= 15 is 0 Å². The third-order valence-electron chi connectivity index (χ3n) is 3.99. The number of anilines is 1. The van der Waals surface area contributed by atoms with Gasteiger partial charge in [0.15, 0.2) is 11.3 Å². The van der Waals surface area contributed by atoms with Gasteiger partial charge in [-0.2, -0.15) is 9.71 Å². The average molecular weight is 445 g/mol. The van der Waals surface area contributed by atoms with Crippen LogP contribution in [-0.2, 0) is 21.1 Å². The number of esters is 1. The van der Waals surface area contributed by atoms with Crippen LogP contribution < -0.4 is 10.8 Å². The van der Waals surface area contributed by atoms with E-state index in [0.29, 0.717) is 11.3 Å². The molecule has 0 saturated heterocycles. The zero-order valence-corrected chi connectivity index (χ0v) is 17.4. The quantitative estimate of drug-likeness (QED) is 0.289. The lowest BCUT2D eigenvalue weighted by Crippen LogP contribution is -2.20. The van der Waals surface area contributed by atoms with E-state index < -0.39 is 21.0 Å². The second-order valence-electron chi connectivity index (χ2n) is 6.41. The highest BCUT2D eigenvalue weighted by atomic mass is 32.2. The van der Waals surface area contributed by atoms with Crippen molar-refractivity contribution in [2.45, 2.75) is 11.7 Å². The van der Waals surface area contributed by atoms with Gasteiger partial charge >= 0.3 is 5.97 Å². The number of hydrogen-bond acceptors (Lipinski definition) is 10. The van der Waals surface area contributed by atoms with E-state index in [1.165, 1.54) is 37.4 Å². The van der Waals surface area contributed by atoms with E-state index in [9.17, 15) is 23.5 Å². The van der Waals surface area contributed by atoms with Crippen LogP contribution in [-0.4, -0.2) is 52.8 Å². The van der Waals surface area contributed by atoms with Crippen molar-refractivity contribution in [1.29, 1.82) is 0 Å².